The second-order valence-corrected chi connectivity index (χ2v) is 9.10. The summed E-state index contributed by atoms with van der Waals surface area (Å²) < 4.78 is 0. The maximum Gasteiger partial charge on any atom is 2.00 e. The molecule has 6 heterocycles. The van der Waals surface area contributed by atoms with Crippen LogP contribution in [0.4, 0.5) is 0 Å². The van der Waals surface area contributed by atoms with Crippen LogP contribution in [0.5, 0.6) is 0 Å². The Hall–Kier alpha value is -7.73. The molecule has 0 spiro atoms. The molecule has 51 heavy (non-hydrogen) atoms. The minimum atomic E-state index is -0.403. The van der Waals surface area contributed by atoms with Crippen LogP contribution >= 0.6 is 0 Å². The molecule has 0 amide bonds. The maximum atomic E-state index is 7.79. The summed E-state index contributed by atoms with van der Waals surface area (Å²) in [6.45, 7) is 0. The molecule has 0 N–H and O–H groups in total. The summed E-state index contributed by atoms with van der Waals surface area (Å²) >= 11 is 0. The van der Waals surface area contributed by atoms with Gasteiger partial charge in [0.05, 0.1) is 45.6 Å². The van der Waals surface area contributed by atoms with Crippen molar-refractivity contribution in [2.24, 2.45) is 0 Å². The Balaban J connectivity index is 0.000000257. The third-order valence-electron chi connectivity index (χ3n) is 5.88. The average Bonchev–Trinajstić information content (AvgIpc) is 3.21. The van der Waals surface area contributed by atoms with Gasteiger partial charge in [-0.15, -0.1) is 0 Å². The van der Waals surface area contributed by atoms with Gasteiger partial charge in [-0.25, -0.2) is 21.7 Å². The first-order chi connectivity index (χ1) is 24.6. The van der Waals surface area contributed by atoms with Gasteiger partial charge >= 0.3 is 16.8 Å². The van der Waals surface area contributed by atoms with Crippen molar-refractivity contribution in [3.63, 3.8) is 0 Å². The molecule has 12 nitrogen and oxygen atoms in total. The molecule has 0 saturated carbocycles. The van der Waals surface area contributed by atoms with Crippen LogP contribution in [-0.4, -0.2) is 41.6 Å². The summed E-state index contributed by atoms with van der Waals surface area (Å²) in [5.41, 5.74) is 6.12. The average molecular weight is 706 g/mol. The predicted molar refractivity (Wildman–Crippen MR) is 188 cm³/mol. The van der Waals surface area contributed by atoms with Crippen molar-refractivity contribution >= 4 is 11.7 Å². The fraction of sp³-hybridized carbons (Fsp3) is 0. The van der Waals surface area contributed by atoms with Crippen LogP contribution in [0.3, 0.4) is 0 Å². The van der Waals surface area contributed by atoms with Gasteiger partial charge in [0.2, 0.25) is 0 Å². The van der Waals surface area contributed by atoms with Gasteiger partial charge in [0.1, 0.15) is 35.4 Å². The molecule has 0 aromatic carbocycles. The fourth-order valence-electron chi connectivity index (χ4n) is 3.65. The van der Waals surface area contributed by atoms with Crippen molar-refractivity contribution in [3.05, 3.63) is 156 Å². The molecule has 6 aromatic rings. The van der Waals surface area contributed by atoms with Gasteiger partial charge in [-0.3, -0.25) is 19.9 Å². The second kappa shape index (κ2) is 22.7. The van der Waals surface area contributed by atoms with E-state index in [0.29, 0.717) is 0 Å². The van der Waals surface area contributed by atoms with E-state index in [9.17, 15) is 0 Å². The number of hydrogen-bond acceptors (Lipinski definition) is 10. The number of nitrogens with zero attached hydrogens (tertiary/aromatic N) is 12. The van der Waals surface area contributed by atoms with E-state index in [-0.39, 0.29) is 16.8 Å². The molecule has 243 valence electrons. The quantitative estimate of drug-likeness (QED) is 0.138. The third kappa shape index (κ3) is 13.1. The van der Waals surface area contributed by atoms with Gasteiger partial charge in [-0.1, -0.05) is 36.4 Å². The number of allylic oxidation sites excluding steroid dienone is 2. The molecule has 6 aromatic heterocycles. The maximum absolute atomic E-state index is 7.79. The Morgan fingerprint density at radius 2 is 0.608 bits per heavy atom. The Kier molecular flexibility index (Phi) is 17.6. The Labute approximate surface area is 304 Å². The standard InChI is InChI=1S/2C15H11N3.2C4N3.Co/c2*1-3-10-16-12(6-1)14-8-5-9-15(18-14)13-7-2-4-11-17-13;2*5-1-4(2-6)3-7;/h2*1-11H;;;/q;;2*-1;+2. The van der Waals surface area contributed by atoms with E-state index >= 15 is 0 Å². The topological polar surface area (TPSA) is 217 Å². The molecular formula is C38H22CoN12. The van der Waals surface area contributed by atoms with Gasteiger partial charge in [-0.05, 0) is 72.8 Å². The Morgan fingerprint density at radius 3 is 0.765 bits per heavy atom. The van der Waals surface area contributed by atoms with Crippen molar-refractivity contribution in [2.75, 3.05) is 0 Å². The third-order valence-corrected chi connectivity index (χ3v) is 5.88. The van der Waals surface area contributed by atoms with Crippen molar-refractivity contribution in [3.8, 4) is 69.8 Å². The van der Waals surface area contributed by atoms with Crippen molar-refractivity contribution in [1.82, 2.24) is 29.9 Å². The smallest absolute Gasteiger partial charge is 0.762 e. The van der Waals surface area contributed by atoms with Crippen LogP contribution in [0, 0.1) is 45.3 Å². The first kappa shape index (κ1) is 39.4. The van der Waals surface area contributed by atoms with Crippen LogP contribution < -0.4 is 0 Å². The first-order valence-electron chi connectivity index (χ1n) is 14.3. The second-order valence-electron chi connectivity index (χ2n) is 9.10. The molecule has 0 aliphatic carbocycles. The van der Waals surface area contributed by atoms with Crippen molar-refractivity contribution < 1.29 is 16.8 Å². The van der Waals surface area contributed by atoms with Crippen molar-refractivity contribution in [2.45, 2.75) is 0 Å². The summed E-state index contributed by atoms with van der Waals surface area (Å²) in [4.78, 5) is 26.4. The largest absolute Gasteiger partial charge is 2.00 e. The fourth-order valence-corrected chi connectivity index (χ4v) is 3.65. The summed E-state index contributed by atoms with van der Waals surface area (Å²) in [6.07, 6.45) is 7.07. The SMILES string of the molecule is N#CC(=C=[N-])C#N.N#CC(=C=[N-])C#N.[Co+2].c1ccc(-c2cccc(-c3ccccn3)n2)nc1.c1ccc(-c2cccc(-c3ccccn3)n2)nc1. The van der Waals surface area contributed by atoms with Crippen LogP contribution in [0.15, 0.2) is 145 Å². The van der Waals surface area contributed by atoms with E-state index < -0.39 is 11.1 Å². The Morgan fingerprint density at radius 1 is 0.373 bits per heavy atom. The Bertz CT molecular complexity index is 1950. The first-order valence-corrected chi connectivity index (χ1v) is 14.3. The molecule has 0 saturated heterocycles. The summed E-state index contributed by atoms with van der Waals surface area (Å²) in [7, 11) is 0. The number of nitriles is 4. The molecule has 0 unspecified atom stereocenters. The van der Waals surface area contributed by atoms with Gasteiger partial charge in [0, 0.05) is 24.8 Å². The molecule has 0 fully saturated rings. The normalized spacial score (nSPS) is 8.55. The van der Waals surface area contributed by atoms with E-state index in [1.807, 2.05) is 109 Å². The van der Waals surface area contributed by atoms with Crippen LogP contribution in [0.1, 0.15) is 0 Å². The molecule has 0 bridgehead atoms. The summed E-state index contributed by atoms with van der Waals surface area (Å²) in [6, 6.07) is 40.5. The van der Waals surface area contributed by atoms with Gasteiger partial charge in [0.25, 0.3) is 0 Å². The molecule has 0 aliphatic heterocycles. The van der Waals surface area contributed by atoms with Crippen molar-refractivity contribution in [1.29, 1.82) is 21.0 Å². The van der Waals surface area contributed by atoms with Crippen LogP contribution in [0.25, 0.3) is 56.4 Å². The van der Waals surface area contributed by atoms with Gasteiger partial charge in [-0.2, -0.15) is 21.0 Å². The summed E-state index contributed by atoms with van der Waals surface area (Å²) in [5, 5.41) is 46.8. The molecule has 13 heteroatoms. The number of hydrogen-bond donors (Lipinski definition) is 0. The van der Waals surface area contributed by atoms with E-state index in [0.717, 1.165) is 45.6 Å². The van der Waals surface area contributed by atoms with E-state index in [1.54, 1.807) is 24.8 Å². The molecular weight excluding hydrogens is 683 g/mol. The van der Waals surface area contributed by atoms with Crippen LogP contribution in [-0.2, 0) is 16.8 Å². The number of pyridine rings is 6. The summed E-state index contributed by atoms with van der Waals surface area (Å²) in [5.74, 6) is 2.79. The van der Waals surface area contributed by atoms with E-state index in [4.69, 9.17) is 31.9 Å². The van der Waals surface area contributed by atoms with E-state index in [2.05, 4.69) is 29.9 Å². The predicted octanol–water partition coefficient (Wildman–Crippen LogP) is 6.81. The monoisotopic (exact) mass is 705 g/mol. The van der Waals surface area contributed by atoms with E-state index in [1.165, 1.54) is 36.0 Å². The van der Waals surface area contributed by atoms with Gasteiger partial charge in [0.15, 0.2) is 0 Å². The zero-order chi connectivity index (χ0) is 35.8. The van der Waals surface area contributed by atoms with Gasteiger partial charge < -0.3 is 10.8 Å². The molecule has 0 atom stereocenters. The molecule has 1 radical (unpaired) electrons. The zero-order valence-corrected chi connectivity index (χ0v) is 27.4. The molecule has 6 rings (SSSR count). The minimum Gasteiger partial charge on any atom is -0.762 e. The zero-order valence-electron chi connectivity index (χ0n) is 26.4. The number of aromatic nitrogens is 6. The minimum absolute atomic E-state index is 0. The van der Waals surface area contributed by atoms with Crippen LogP contribution in [0.2, 0.25) is 0 Å². The molecule has 0 aliphatic rings. The number of rotatable bonds is 4.